The Morgan fingerprint density at radius 2 is 2.07 bits per heavy atom. The van der Waals surface area contributed by atoms with E-state index < -0.39 is 11.5 Å². The standard InChI is InChI=1S/C22H31N5O3/c1-4-14(5-2)13-26-20-17(15-8-10-25(3)11-9-15)12-23-27(20)22(30)18(21(26)29)19(28)24-16-6-7-16/h8,12,14,16,29H,4-7,9-11,13H2,1-3H3,(H,24,28). The number of nitrogens with zero attached hydrogens (tertiary/aromatic N) is 4. The zero-order chi connectivity index (χ0) is 21.4. The van der Waals surface area contributed by atoms with Crippen LogP contribution < -0.4 is 10.9 Å². The van der Waals surface area contributed by atoms with Gasteiger partial charge in [-0.2, -0.15) is 9.61 Å². The second-order valence-corrected chi connectivity index (χ2v) is 8.58. The molecule has 8 nitrogen and oxygen atoms in total. The summed E-state index contributed by atoms with van der Waals surface area (Å²) in [7, 11) is 2.07. The molecule has 0 atom stereocenters. The lowest BCUT2D eigenvalue weighted by Gasteiger charge is -2.23. The van der Waals surface area contributed by atoms with Crippen molar-refractivity contribution >= 4 is 17.1 Å². The van der Waals surface area contributed by atoms with Crippen LogP contribution in [0.25, 0.3) is 11.2 Å². The third-order valence-corrected chi connectivity index (χ3v) is 6.38. The summed E-state index contributed by atoms with van der Waals surface area (Å²) in [6, 6.07) is 0.0945. The molecule has 0 bridgehead atoms. The first-order chi connectivity index (χ1) is 14.4. The molecule has 1 aliphatic heterocycles. The maximum atomic E-state index is 13.2. The summed E-state index contributed by atoms with van der Waals surface area (Å²) in [5.74, 6) is -0.459. The quantitative estimate of drug-likeness (QED) is 0.726. The van der Waals surface area contributed by atoms with Crippen molar-refractivity contribution in [2.75, 3.05) is 20.1 Å². The Bertz CT molecular complexity index is 1040. The Hall–Kier alpha value is -2.61. The minimum Gasteiger partial charge on any atom is -0.494 e. The summed E-state index contributed by atoms with van der Waals surface area (Å²) in [6.07, 6.45) is 8.39. The van der Waals surface area contributed by atoms with Crippen LogP contribution in [-0.2, 0) is 6.54 Å². The molecular weight excluding hydrogens is 382 g/mol. The molecule has 1 saturated carbocycles. The number of hydrogen-bond acceptors (Lipinski definition) is 5. The largest absolute Gasteiger partial charge is 0.494 e. The lowest BCUT2D eigenvalue weighted by molar-refractivity contribution is 0.0944. The maximum absolute atomic E-state index is 13.2. The van der Waals surface area contributed by atoms with Gasteiger partial charge in [0.25, 0.3) is 11.5 Å². The van der Waals surface area contributed by atoms with Gasteiger partial charge >= 0.3 is 0 Å². The summed E-state index contributed by atoms with van der Waals surface area (Å²) in [5, 5.41) is 18.3. The number of carbonyl (C=O) groups is 1. The molecule has 2 aromatic rings. The van der Waals surface area contributed by atoms with Gasteiger partial charge in [-0.05, 0) is 37.8 Å². The number of hydrogen-bond donors (Lipinski definition) is 2. The monoisotopic (exact) mass is 413 g/mol. The second kappa shape index (κ2) is 8.26. The molecule has 0 unspecified atom stereocenters. The first-order valence-corrected chi connectivity index (χ1v) is 11.0. The van der Waals surface area contributed by atoms with Crippen LogP contribution in [0.2, 0.25) is 0 Å². The van der Waals surface area contributed by atoms with E-state index in [2.05, 4.69) is 42.3 Å². The van der Waals surface area contributed by atoms with Crippen LogP contribution >= 0.6 is 0 Å². The average Bonchev–Trinajstić information content (AvgIpc) is 3.43. The number of amides is 1. The fourth-order valence-electron chi connectivity index (χ4n) is 4.09. The van der Waals surface area contributed by atoms with Crippen LogP contribution in [0, 0.1) is 5.92 Å². The highest BCUT2D eigenvalue weighted by Crippen LogP contribution is 2.30. The predicted molar refractivity (Wildman–Crippen MR) is 116 cm³/mol. The SMILES string of the molecule is CCC(CC)Cn1c(O)c(C(=O)NC2CC2)c(=O)n2ncc(C3=CCN(C)CC3)c12. The average molecular weight is 414 g/mol. The van der Waals surface area contributed by atoms with Gasteiger partial charge in [-0.15, -0.1) is 0 Å². The van der Waals surface area contributed by atoms with E-state index in [9.17, 15) is 14.7 Å². The highest BCUT2D eigenvalue weighted by Gasteiger charge is 2.30. The van der Waals surface area contributed by atoms with Crippen LogP contribution in [0.3, 0.4) is 0 Å². The zero-order valence-corrected chi connectivity index (χ0v) is 18.0. The van der Waals surface area contributed by atoms with Gasteiger partial charge in [0, 0.05) is 31.2 Å². The van der Waals surface area contributed by atoms with E-state index >= 15 is 0 Å². The summed E-state index contributed by atoms with van der Waals surface area (Å²) in [4.78, 5) is 28.1. The van der Waals surface area contributed by atoms with E-state index in [4.69, 9.17) is 0 Å². The van der Waals surface area contributed by atoms with Gasteiger partial charge in [-0.25, -0.2) is 0 Å². The molecule has 2 aromatic heterocycles. The number of aromatic hydroxyl groups is 1. The fraction of sp³-hybridized carbons (Fsp3) is 0.591. The Balaban J connectivity index is 1.90. The Morgan fingerprint density at radius 1 is 1.33 bits per heavy atom. The van der Waals surface area contributed by atoms with Gasteiger partial charge in [-0.1, -0.05) is 32.8 Å². The lowest BCUT2D eigenvalue weighted by atomic mass is 10.0. The number of rotatable bonds is 7. The Labute approximate surface area is 176 Å². The van der Waals surface area contributed by atoms with Gasteiger partial charge in [0.2, 0.25) is 5.88 Å². The van der Waals surface area contributed by atoms with Gasteiger partial charge in [0.15, 0.2) is 5.56 Å². The molecule has 30 heavy (non-hydrogen) atoms. The summed E-state index contributed by atoms with van der Waals surface area (Å²) in [5.41, 5.74) is 1.77. The van der Waals surface area contributed by atoms with Crippen molar-refractivity contribution < 1.29 is 9.90 Å². The number of nitrogens with one attached hydrogen (secondary N) is 1. The van der Waals surface area contributed by atoms with Crippen molar-refractivity contribution in [3.05, 3.63) is 33.8 Å². The second-order valence-electron chi connectivity index (χ2n) is 8.58. The highest BCUT2D eigenvalue weighted by molar-refractivity contribution is 5.97. The summed E-state index contributed by atoms with van der Waals surface area (Å²) >= 11 is 0. The minimum absolute atomic E-state index is 0.0945. The highest BCUT2D eigenvalue weighted by atomic mass is 16.3. The topological polar surface area (TPSA) is 91.9 Å². The molecule has 3 heterocycles. The molecular formula is C22H31N5O3. The summed E-state index contributed by atoms with van der Waals surface area (Å²) < 4.78 is 3.01. The molecule has 0 aromatic carbocycles. The summed E-state index contributed by atoms with van der Waals surface area (Å²) in [6.45, 7) is 6.51. The van der Waals surface area contributed by atoms with E-state index in [-0.39, 0.29) is 17.5 Å². The molecule has 2 N–H and O–H groups in total. The minimum atomic E-state index is -0.568. The van der Waals surface area contributed by atoms with Gasteiger partial charge < -0.3 is 15.3 Å². The first kappa shape index (κ1) is 20.7. The third kappa shape index (κ3) is 3.76. The van der Waals surface area contributed by atoms with Crippen molar-refractivity contribution in [3.63, 3.8) is 0 Å². The van der Waals surface area contributed by atoms with E-state index in [1.54, 1.807) is 10.8 Å². The van der Waals surface area contributed by atoms with Crippen LogP contribution in [0.15, 0.2) is 17.1 Å². The molecule has 1 aliphatic carbocycles. The maximum Gasteiger partial charge on any atom is 0.291 e. The lowest BCUT2D eigenvalue weighted by Crippen LogP contribution is -2.35. The smallest absolute Gasteiger partial charge is 0.291 e. The molecule has 0 saturated heterocycles. The number of carbonyl (C=O) groups excluding carboxylic acids is 1. The van der Waals surface area contributed by atoms with Crippen molar-refractivity contribution in [2.45, 2.75) is 58.5 Å². The first-order valence-electron chi connectivity index (χ1n) is 11.0. The Kier molecular flexibility index (Phi) is 5.69. The fourth-order valence-corrected chi connectivity index (χ4v) is 4.09. The van der Waals surface area contributed by atoms with Crippen LogP contribution in [0.1, 0.15) is 61.9 Å². The molecule has 162 valence electrons. The van der Waals surface area contributed by atoms with Crippen molar-refractivity contribution in [2.24, 2.45) is 5.92 Å². The molecule has 2 aliphatic rings. The van der Waals surface area contributed by atoms with Gasteiger partial charge in [0.1, 0.15) is 5.65 Å². The van der Waals surface area contributed by atoms with Crippen LogP contribution in [0.4, 0.5) is 0 Å². The number of fused-ring (bicyclic) bond motifs is 1. The molecule has 1 amide bonds. The molecule has 1 fully saturated rings. The molecule has 0 spiro atoms. The van der Waals surface area contributed by atoms with E-state index in [0.29, 0.717) is 18.1 Å². The van der Waals surface area contributed by atoms with E-state index in [0.717, 1.165) is 56.3 Å². The van der Waals surface area contributed by atoms with Crippen molar-refractivity contribution in [1.82, 2.24) is 24.4 Å². The van der Waals surface area contributed by atoms with E-state index in [1.807, 2.05) is 0 Å². The normalized spacial score (nSPS) is 17.5. The van der Waals surface area contributed by atoms with Crippen molar-refractivity contribution in [3.8, 4) is 5.88 Å². The van der Waals surface area contributed by atoms with Crippen molar-refractivity contribution in [1.29, 1.82) is 0 Å². The number of aromatic nitrogens is 3. The Morgan fingerprint density at radius 3 is 2.67 bits per heavy atom. The molecule has 8 heteroatoms. The van der Waals surface area contributed by atoms with Crippen LogP contribution in [-0.4, -0.2) is 56.3 Å². The van der Waals surface area contributed by atoms with E-state index in [1.165, 1.54) is 4.52 Å². The van der Waals surface area contributed by atoms with Gasteiger partial charge in [-0.3, -0.25) is 14.2 Å². The van der Waals surface area contributed by atoms with Gasteiger partial charge in [0.05, 0.1) is 6.20 Å². The predicted octanol–water partition coefficient (Wildman–Crippen LogP) is 2.25. The number of likely N-dealkylation sites (N-methyl/N-ethyl adjacent to an activating group) is 1. The molecule has 0 radical (unpaired) electrons. The zero-order valence-electron chi connectivity index (χ0n) is 18.0. The third-order valence-electron chi connectivity index (χ3n) is 6.38. The molecule has 4 rings (SSSR count). The van der Waals surface area contributed by atoms with Crippen LogP contribution in [0.5, 0.6) is 5.88 Å².